The van der Waals surface area contributed by atoms with Gasteiger partial charge in [0, 0.05) is 18.0 Å². The zero-order valence-corrected chi connectivity index (χ0v) is 14.5. The maximum Gasteiger partial charge on any atom is 0.407 e. The fourth-order valence-corrected chi connectivity index (χ4v) is 2.23. The second-order valence-corrected chi connectivity index (χ2v) is 6.86. The van der Waals surface area contributed by atoms with Crippen LogP contribution in [-0.2, 0) is 4.74 Å². The van der Waals surface area contributed by atoms with Crippen molar-refractivity contribution in [2.45, 2.75) is 52.3 Å². The molecule has 0 saturated carbocycles. The van der Waals surface area contributed by atoms with Crippen molar-refractivity contribution in [3.63, 3.8) is 0 Å². The van der Waals surface area contributed by atoms with Crippen molar-refractivity contribution in [2.24, 2.45) is 0 Å². The first-order valence-corrected chi connectivity index (χ1v) is 7.96. The molecule has 1 heterocycles. The van der Waals surface area contributed by atoms with E-state index in [0.29, 0.717) is 6.54 Å². The SMILES string of the molecule is CC(CNC(C)c1cc2ccccc2o1)NC(=O)OC(C)(C)C. The van der Waals surface area contributed by atoms with E-state index in [-0.39, 0.29) is 12.1 Å². The van der Waals surface area contributed by atoms with Crippen molar-refractivity contribution in [3.8, 4) is 0 Å². The standard InChI is InChI=1S/C18H26N2O3/c1-12(20-17(21)23-18(3,4)5)11-19-13(2)16-10-14-8-6-7-9-15(14)22-16/h6-10,12-13,19H,11H2,1-5H3,(H,20,21). The van der Waals surface area contributed by atoms with E-state index >= 15 is 0 Å². The first kappa shape index (κ1) is 17.3. The first-order chi connectivity index (χ1) is 10.7. The number of hydrogen-bond donors (Lipinski definition) is 2. The van der Waals surface area contributed by atoms with Crippen LogP contribution in [0.25, 0.3) is 11.0 Å². The number of nitrogens with one attached hydrogen (secondary N) is 2. The molecule has 0 aliphatic rings. The van der Waals surface area contributed by atoms with Crippen molar-refractivity contribution in [1.29, 1.82) is 0 Å². The number of benzene rings is 1. The molecule has 23 heavy (non-hydrogen) atoms. The van der Waals surface area contributed by atoms with Crippen LogP contribution in [0.2, 0.25) is 0 Å². The average Bonchev–Trinajstić information content (AvgIpc) is 2.86. The highest BCUT2D eigenvalue weighted by atomic mass is 16.6. The van der Waals surface area contributed by atoms with Crippen molar-refractivity contribution in [3.05, 3.63) is 36.1 Å². The molecule has 0 aliphatic heterocycles. The van der Waals surface area contributed by atoms with E-state index in [1.54, 1.807) is 0 Å². The Kier molecular flexibility index (Phi) is 5.31. The van der Waals surface area contributed by atoms with Crippen LogP contribution in [-0.4, -0.2) is 24.3 Å². The van der Waals surface area contributed by atoms with Gasteiger partial charge in [0.2, 0.25) is 0 Å². The van der Waals surface area contributed by atoms with Gasteiger partial charge in [0.1, 0.15) is 16.9 Å². The van der Waals surface area contributed by atoms with Crippen molar-refractivity contribution in [1.82, 2.24) is 10.6 Å². The summed E-state index contributed by atoms with van der Waals surface area (Å²) < 4.78 is 11.1. The number of furan rings is 1. The van der Waals surface area contributed by atoms with Gasteiger partial charge in [0.25, 0.3) is 0 Å². The van der Waals surface area contributed by atoms with Crippen LogP contribution in [0, 0.1) is 0 Å². The lowest BCUT2D eigenvalue weighted by Crippen LogP contribution is -2.43. The van der Waals surface area contributed by atoms with E-state index in [2.05, 4.69) is 10.6 Å². The summed E-state index contributed by atoms with van der Waals surface area (Å²) >= 11 is 0. The summed E-state index contributed by atoms with van der Waals surface area (Å²) in [6.45, 7) is 10.1. The van der Waals surface area contributed by atoms with E-state index < -0.39 is 11.7 Å². The summed E-state index contributed by atoms with van der Waals surface area (Å²) in [4.78, 5) is 11.7. The van der Waals surface area contributed by atoms with E-state index in [1.807, 2.05) is 65.0 Å². The van der Waals surface area contributed by atoms with Crippen LogP contribution in [0.3, 0.4) is 0 Å². The smallest absolute Gasteiger partial charge is 0.407 e. The third kappa shape index (κ3) is 5.28. The maximum absolute atomic E-state index is 11.7. The van der Waals surface area contributed by atoms with Crippen LogP contribution in [0.4, 0.5) is 4.79 Å². The number of rotatable bonds is 5. The van der Waals surface area contributed by atoms with Crippen molar-refractivity contribution < 1.29 is 13.9 Å². The molecule has 1 aromatic heterocycles. The van der Waals surface area contributed by atoms with Gasteiger partial charge >= 0.3 is 6.09 Å². The third-order valence-corrected chi connectivity index (χ3v) is 3.36. The number of alkyl carbamates (subject to hydrolysis) is 1. The maximum atomic E-state index is 11.7. The van der Waals surface area contributed by atoms with E-state index in [0.717, 1.165) is 16.7 Å². The van der Waals surface area contributed by atoms with Gasteiger partial charge in [-0.1, -0.05) is 18.2 Å². The zero-order chi connectivity index (χ0) is 17.0. The van der Waals surface area contributed by atoms with Gasteiger partial charge in [-0.2, -0.15) is 0 Å². The lowest BCUT2D eigenvalue weighted by Gasteiger charge is -2.22. The lowest BCUT2D eigenvalue weighted by atomic mass is 10.2. The van der Waals surface area contributed by atoms with E-state index in [4.69, 9.17) is 9.15 Å². The Morgan fingerprint density at radius 3 is 2.61 bits per heavy atom. The molecule has 0 radical (unpaired) electrons. The molecule has 2 rings (SSSR count). The molecule has 0 aliphatic carbocycles. The van der Waals surface area contributed by atoms with Gasteiger partial charge < -0.3 is 19.8 Å². The summed E-state index contributed by atoms with van der Waals surface area (Å²) in [5.74, 6) is 0.885. The van der Waals surface area contributed by atoms with Crippen LogP contribution >= 0.6 is 0 Å². The Balaban J connectivity index is 1.83. The van der Waals surface area contributed by atoms with Crippen LogP contribution < -0.4 is 10.6 Å². The predicted octanol–water partition coefficient (Wildman–Crippen LogP) is 4.00. The number of carbonyl (C=O) groups is 1. The molecule has 1 amide bonds. The van der Waals surface area contributed by atoms with Crippen LogP contribution in [0.1, 0.15) is 46.4 Å². The second-order valence-electron chi connectivity index (χ2n) is 6.86. The highest BCUT2D eigenvalue weighted by Crippen LogP contribution is 2.23. The Labute approximate surface area is 137 Å². The number of hydrogen-bond acceptors (Lipinski definition) is 4. The second kappa shape index (κ2) is 7.04. The quantitative estimate of drug-likeness (QED) is 0.875. The highest BCUT2D eigenvalue weighted by Gasteiger charge is 2.18. The van der Waals surface area contributed by atoms with E-state index in [1.165, 1.54) is 0 Å². The summed E-state index contributed by atoms with van der Waals surface area (Å²) in [5.41, 5.74) is 0.398. The normalized spacial score (nSPS) is 14.5. The number of carbonyl (C=O) groups excluding carboxylic acids is 1. The number of para-hydroxylation sites is 1. The largest absolute Gasteiger partial charge is 0.459 e. The molecule has 0 saturated heterocycles. The summed E-state index contributed by atoms with van der Waals surface area (Å²) in [6.07, 6.45) is -0.400. The Morgan fingerprint density at radius 1 is 1.26 bits per heavy atom. The minimum absolute atomic E-state index is 0.0447. The van der Waals surface area contributed by atoms with Gasteiger partial charge in [0.05, 0.1) is 6.04 Å². The lowest BCUT2D eigenvalue weighted by molar-refractivity contribution is 0.0507. The fourth-order valence-electron chi connectivity index (χ4n) is 2.23. The minimum atomic E-state index is -0.487. The molecular weight excluding hydrogens is 292 g/mol. The highest BCUT2D eigenvalue weighted by molar-refractivity contribution is 5.77. The Morgan fingerprint density at radius 2 is 1.96 bits per heavy atom. The van der Waals surface area contributed by atoms with E-state index in [9.17, 15) is 4.79 Å². The summed E-state index contributed by atoms with van der Waals surface area (Å²) in [6, 6.07) is 9.99. The summed E-state index contributed by atoms with van der Waals surface area (Å²) in [5, 5.41) is 7.27. The topological polar surface area (TPSA) is 63.5 Å². The monoisotopic (exact) mass is 318 g/mol. The number of ether oxygens (including phenoxy) is 1. The predicted molar refractivity (Wildman–Crippen MR) is 91.5 cm³/mol. The first-order valence-electron chi connectivity index (χ1n) is 7.96. The molecule has 5 heteroatoms. The Bertz CT molecular complexity index is 625. The van der Waals surface area contributed by atoms with Gasteiger partial charge in [0.15, 0.2) is 0 Å². The molecule has 0 fully saturated rings. The fraction of sp³-hybridized carbons (Fsp3) is 0.500. The number of fused-ring (bicyclic) bond motifs is 1. The molecule has 2 atom stereocenters. The van der Waals surface area contributed by atoms with Gasteiger partial charge in [-0.05, 0) is 46.8 Å². The molecular formula is C18H26N2O3. The molecule has 0 spiro atoms. The molecule has 0 bridgehead atoms. The zero-order valence-electron chi connectivity index (χ0n) is 14.5. The van der Waals surface area contributed by atoms with Gasteiger partial charge in [-0.15, -0.1) is 0 Å². The molecule has 1 aromatic carbocycles. The number of amides is 1. The molecule has 2 aromatic rings. The molecule has 5 nitrogen and oxygen atoms in total. The van der Waals surface area contributed by atoms with Gasteiger partial charge in [-0.25, -0.2) is 4.79 Å². The molecule has 2 unspecified atom stereocenters. The Hall–Kier alpha value is -2.01. The minimum Gasteiger partial charge on any atom is -0.459 e. The molecule has 2 N–H and O–H groups in total. The van der Waals surface area contributed by atoms with Crippen molar-refractivity contribution >= 4 is 17.1 Å². The summed E-state index contributed by atoms with van der Waals surface area (Å²) in [7, 11) is 0. The third-order valence-electron chi connectivity index (χ3n) is 3.36. The average molecular weight is 318 g/mol. The molecule has 126 valence electrons. The van der Waals surface area contributed by atoms with Crippen LogP contribution in [0.15, 0.2) is 34.7 Å². The van der Waals surface area contributed by atoms with Crippen molar-refractivity contribution in [2.75, 3.05) is 6.54 Å². The van der Waals surface area contributed by atoms with Crippen LogP contribution in [0.5, 0.6) is 0 Å². The van der Waals surface area contributed by atoms with Gasteiger partial charge in [-0.3, -0.25) is 0 Å².